The number of aromatic nitrogens is 2. The van der Waals surface area contributed by atoms with E-state index in [0.29, 0.717) is 17.7 Å². The van der Waals surface area contributed by atoms with Crippen molar-refractivity contribution in [1.82, 2.24) is 15.1 Å². The van der Waals surface area contributed by atoms with E-state index in [0.717, 1.165) is 20.2 Å². The smallest absolute Gasteiger partial charge is 0.334 e. The second-order valence-corrected chi connectivity index (χ2v) is 7.77. The largest absolute Gasteiger partial charge is 0.435 e. The monoisotopic (exact) mass is 493 g/mol. The van der Waals surface area contributed by atoms with E-state index < -0.39 is 46.7 Å². The summed E-state index contributed by atoms with van der Waals surface area (Å²) in [6.45, 7) is 0. The van der Waals surface area contributed by atoms with Gasteiger partial charge in [-0.2, -0.15) is 36.7 Å². The Hall–Kier alpha value is -3.27. The predicted molar refractivity (Wildman–Crippen MR) is 102 cm³/mol. The third-order valence-electron chi connectivity index (χ3n) is 5.01. The van der Waals surface area contributed by atoms with E-state index in [4.69, 9.17) is 16.9 Å². The molecule has 1 heterocycles. The van der Waals surface area contributed by atoms with E-state index in [2.05, 4.69) is 10.4 Å². The third-order valence-corrected chi connectivity index (χ3v) is 5.33. The zero-order valence-electron chi connectivity index (χ0n) is 16.9. The van der Waals surface area contributed by atoms with Crippen LogP contribution in [0.25, 0.3) is 0 Å². The molecule has 1 saturated carbocycles. The van der Waals surface area contributed by atoms with Gasteiger partial charge < -0.3 is 10.2 Å². The van der Waals surface area contributed by atoms with Crippen LogP contribution in [0, 0.1) is 11.3 Å². The molecular formula is C19H14ClF6N5O2. The second-order valence-electron chi connectivity index (χ2n) is 7.37. The molecule has 1 aliphatic rings. The van der Waals surface area contributed by atoms with Crippen molar-refractivity contribution in [1.29, 1.82) is 5.26 Å². The first-order chi connectivity index (χ1) is 15.1. The lowest BCUT2D eigenvalue weighted by molar-refractivity contribution is -0.164. The lowest BCUT2D eigenvalue weighted by Crippen LogP contribution is -2.36. The van der Waals surface area contributed by atoms with Crippen LogP contribution < -0.4 is 10.2 Å². The molecule has 176 valence electrons. The van der Waals surface area contributed by atoms with Gasteiger partial charge in [0.1, 0.15) is 16.8 Å². The predicted octanol–water partition coefficient (Wildman–Crippen LogP) is 4.17. The molecule has 0 atom stereocenters. The van der Waals surface area contributed by atoms with Gasteiger partial charge in [0.15, 0.2) is 5.69 Å². The van der Waals surface area contributed by atoms with E-state index >= 15 is 0 Å². The van der Waals surface area contributed by atoms with Crippen LogP contribution in [0.2, 0.25) is 5.02 Å². The van der Waals surface area contributed by atoms with Gasteiger partial charge >= 0.3 is 12.4 Å². The molecule has 14 heteroatoms. The quantitative estimate of drug-likeness (QED) is 0.647. The van der Waals surface area contributed by atoms with Crippen molar-refractivity contribution in [3.05, 3.63) is 45.7 Å². The number of halogens is 7. The maximum atomic E-state index is 13.5. The normalized spacial score (nSPS) is 15.0. The SMILES string of the molecule is CN(C(=O)c1c(C(F)(F)F)c(C(F)(F)F)nn1C)c1ccc(Cl)c(C(=O)NC2(C#N)CC2)c1. The van der Waals surface area contributed by atoms with Crippen LogP contribution in [0.5, 0.6) is 0 Å². The minimum atomic E-state index is -5.52. The summed E-state index contributed by atoms with van der Waals surface area (Å²) in [7, 11) is 1.80. The number of aryl methyl sites for hydroxylation is 1. The van der Waals surface area contributed by atoms with Crippen LogP contribution in [0.4, 0.5) is 32.0 Å². The van der Waals surface area contributed by atoms with Crippen LogP contribution >= 0.6 is 11.6 Å². The second kappa shape index (κ2) is 7.95. The van der Waals surface area contributed by atoms with Crippen LogP contribution in [-0.2, 0) is 19.4 Å². The number of hydrogen-bond donors (Lipinski definition) is 1. The lowest BCUT2D eigenvalue weighted by Gasteiger charge is -2.20. The van der Waals surface area contributed by atoms with Crippen LogP contribution in [0.1, 0.15) is 44.9 Å². The summed E-state index contributed by atoms with van der Waals surface area (Å²) < 4.78 is 80.0. The molecule has 0 radical (unpaired) electrons. The first kappa shape index (κ1) is 24.4. The lowest BCUT2D eigenvalue weighted by atomic mass is 10.1. The van der Waals surface area contributed by atoms with E-state index in [1.807, 2.05) is 6.07 Å². The number of nitriles is 1. The number of alkyl halides is 6. The Morgan fingerprint density at radius 2 is 1.82 bits per heavy atom. The minimum absolute atomic E-state index is 0.0679. The molecule has 3 rings (SSSR count). The van der Waals surface area contributed by atoms with E-state index in [-0.39, 0.29) is 21.0 Å². The van der Waals surface area contributed by atoms with Crippen molar-refractivity contribution in [3.63, 3.8) is 0 Å². The van der Waals surface area contributed by atoms with Crippen molar-refractivity contribution >= 4 is 29.1 Å². The molecule has 2 aromatic rings. The molecule has 0 saturated heterocycles. The van der Waals surface area contributed by atoms with Gasteiger partial charge in [-0.1, -0.05) is 11.6 Å². The standard InChI is InChI=1S/C19H14ClF6N5O2/c1-30(9-3-4-11(20)10(7-9)15(32)28-17(8-27)5-6-17)16(33)13-12(18(21,22)23)14(19(24,25)26)29-31(13)2/h3-4,7H,5-6H2,1-2H3,(H,28,32). The van der Waals surface area contributed by atoms with Gasteiger partial charge in [-0.3, -0.25) is 14.3 Å². The van der Waals surface area contributed by atoms with Crippen molar-refractivity contribution in [3.8, 4) is 6.07 Å². The number of benzene rings is 1. The third kappa shape index (κ3) is 4.61. The Morgan fingerprint density at radius 1 is 1.21 bits per heavy atom. The summed E-state index contributed by atoms with van der Waals surface area (Å²) in [6, 6.07) is 5.41. The van der Waals surface area contributed by atoms with E-state index in [1.54, 1.807) is 0 Å². The Bertz CT molecular complexity index is 1180. The van der Waals surface area contributed by atoms with Gasteiger partial charge in [0.05, 0.1) is 16.7 Å². The highest BCUT2D eigenvalue weighted by molar-refractivity contribution is 6.34. The molecule has 1 fully saturated rings. The molecule has 1 N–H and O–H groups in total. The number of hydrogen-bond acceptors (Lipinski definition) is 4. The summed E-state index contributed by atoms with van der Waals surface area (Å²) in [5, 5.41) is 14.4. The molecule has 2 amide bonds. The van der Waals surface area contributed by atoms with Crippen LogP contribution in [0.15, 0.2) is 18.2 Å². The fourth-order valence-electron chi connectivity index (χ4n) is 3.08. The van der Waals surface area contributed by atoms with Gasteiger partial charge in [-0.15, -0.1) is 0 Å². The summed E-state index contributed by atoms with van der Waals surface area (Å²) >= 11 is 6.01. The van der Waals surface area contributed by atoms with E-state index in [1.165, 1.54) is 12.1 Å². The molecule has 1 aromatic carbocycles. The van der Waals surface area contributed by atoms with Gasteiger partial charge in [0, 0.05) is 19.8 Å². The summed E-state index contributed by atoms with van der Waals surface area (Å²) in [6.07, 6.45) is -10.1. The first-order valence-corrected chi connectivity index (χ1v) is 9.52. The topological polar surface area (TPSA) is 91.0 Å². The number of rotatable bonds is 4. The summed E-state index contributed by atoms with van der Waals surface area (Å²) in [5.74, 6) is -2.20. The van der Waals surface area contributed by atoms with Crippen molar-refractivity contribution in [2.24, 2.45) is 7.05 Å². The summed E-state index contributed by atoms with van der Waals surface area (Å²) in [5.41, 5.74) is -7.13. The first-order valence-electron chi connectivity index (χ1n) is 9.14. The number of anilines is 1. The van der Waals surface area contributed by atoms with Gasteiger partial charge in [-0.25, -0.2) is 0 Å². The molecule has 0 bridgehead atoms. The average molecular weight is 494 g/mol. The number of carbonyl (C=O) groups excluding carboxylic acids is 2. The van der Waals surface area contributed by atoms with Gasteiger partial charge in [-0.05, 0) is 31.0 Å². The molecule has 1 aromatic heterocycles. The fourth-order valence-corrected chi connectivity index (χ4v) is 3.29. The highest BCUT2D eigenvalue weighted by atomic mass is 35.5. The molecule has 33 heavy (non-hydrogen) atoms. The molecular weight excluding hydrogens is 480 g/mol. The minimum Gasteiger partial charge on any atom is -0.334 e. The summed E-state index contributed by atoms with van der Waals surface area (Å²) in [4.78, 5) is 26.0. The maximum Gasteiger partial charge on any atom is 0.435 e. The van der Waals surface area contributed by atoms with Crippen molar-refractivity contribution in [2.45, 2.75) is 30.7 Å². The fraction of sp³-hybridized carbons (Fsp3) is 0.368. The number of carbonyl (C=O) groups is 2. The molecule has 0 unspecified atom stereocenters. The molecule has 1 aliphatic carbocycles. The van der Waals surface area contributed by atoms with Gasteiger partial charge in [0.2, 0.25) is 0 Å². The van der Waals surface area contributed by atoms with Crippen molar-refractivity contribution in [2.75, 3.05) is 11.9 Å². The zero-order chi connectivity index (χ0) is 24.9. The molecule has 0 aliphatic heterocycles. The maximum absolute atomic E-state index is 13.5. The Morgan fingerprint density at radius 3 is 2.30 bits per heavy atom. The Labute approximate surface area is 187 Å². The molecule has 0 spiro atoms. The van der Waals surface area contributed by atoms with Crippen LogP contribution in [-0.4, -0.2) is 34.2 Å². The number of nitrogens with one attached hydrogen (secondary N) is 1. The number of nitrogens with zero attached hydrogens (tertiary/aromatic N) is 4. The Kier molecular flexibility index (Phi) is 5.87. The van der Waals surface area contributed by atoms with Gasteiger partial charge in [0.25, 0.3) is 11.8 Å². The highest BCUT2D eigenvalue weighted by Gasteiger charge is 2.50. The Balaban J connectivity index is 2.01. The number of amides is 2. The average Bonchev–Trinajstić information content (AvgIpc) is 3.37. The van der Waals surface area contributed by atoms with E-state index in [9.17, 15) is 35.9 Å². The zero-order valence-corrected chi connectivity index (χ0v) is 17.7. The molecule has 7 nitrogen and oxygen atoms in total. The van der Waals surface area contributed by atoms with Crippen LogP contribution in [0.3, 0.4) is 0 Å². The highest BCUT2D eigenvalue weighted by Crippen LogP contribution is 2.42. The van der Waals surface area contributed by atoms with Crippen molar-refractivity contribution < 1.29 is 35.9 Å².